The average molecular weight is 363 g/mol. The zero-order chi connectivity index (χ0) is 17.9. The van der Waals surface area contributed by atoms with Gasteiger partial charge in [-0.15, -0.1) is 0 Å². The van der Waals surface area contributed by atoms with Crippen LogP contribution in [-0.2, 0) is 0 Å². The number of fused-ring (bicyclic) bond motifs is 1. The van der Waals surface area contributed by atoms with Gasteiger partial charge in [-0.05, 0) is 54.6 Å². The number of rotatable bonds is 3. The number of hydrogen-bond donors (Lipinski definition) is 3. The number of anilines is 2. The molecule has 0 saturated carbocycles. The summed E-state index contributed by atoms with van der Waals surface area (Å²) in [6, 6.07) is 22.0. The van der Waals surface area contributed by atoms with Crippen molar-refractivity contribution in [3.8, 4) is 11.4 Å². The molecule has 4 aromatic rings. The Balaban J connectivity index is 1.46. The van der Waals surface area contributed by atoms with Gasteiger partial charge in [0.15, 0.2) is 0 Å². The molecule has 6 heteroatoms. The number of amides is 2. The first-order valence-electron chi connectivity index (χ1n) is 8.06. The first-order valence-corrected chi connectivity index (χ1v) is 8.44. The highest BCUT2D eigenvalue weighted by molar-refractivity contribution is 6.30. The van der Waals surface area contributed by atoms with Crippen molar-refractivity contribution >= 4 is 40.0 Å². The summed E-state index contributed by atoms with van der Waals surface area (Å²) in [6.45, 7) is 0. The van der Waals surface area contributed by atoms with Crippen molar-refractivity contribution in [2.24, 2.45) is 0 Å². The predicted molar refractivity (Wildman–Crippen MR) is 106 cm³/mol. The van der Waals surface area contributed by atoms with Gasteiger partial charge in [-0.25, -0.2) is 9.78 Å². The minimum atomic E-state index is -0.330. The second-order valence-electron chi connectivity index (χ2n) is 5.77. The number of para-hydroxylation sites is 2. The number of halogens is 1. The number of nitrogens with zero attached hydrogens (tertiary/aromatic N) is 1. The van der Waals surface area contributed by atoms with Gasteiger partial charge in [-0.2, -0.15) is 0 Å². The highest BCUT2D eigenvalue weighted by Crippen LogP contribution is 2.22. The van der Waals surface area contributed by atoms with Crippen molar-refractivity contribution in [2.75, 3.05) is 10.6 Å². The van der Waals surface area contributed by atoms with E-state index in [1.807, 2.05) is 48.5 Å². The number of urea groups is 1. The van der Waals surface area contributed by atoms with Gasteiger partial charge >= 0.3 is 6.03 Å². The maximum absolute atomic E-state index is 12.1. The molecule has 0 radical (unpaired) electrons. The van der Waals surface area contributed by atoms with Crippen molar-refractivity contribution in [1.82, 2.24) is 9.97 Å². The summed E-state index contributed by atoms with van der Waals surface area (Å²) >= 11 is 5.91. The van der Waals surface area contributed by atoms with Gasteiger partial charge in [-0.1, -0.05) is 29.8 Å². The summed E-state index contributed by atoms with van der Waals surface area (Å²) in [5.74, 6) is 0.793. The van der Waals surface area contributed by atoms with E-state index in [1.54, 1.807) is 24.3 Å². The lowest BCUT2D eigenvalue weighted by molar-refractivity contribution is 0.262. The van der Waals surface area contributed by atoms with E-state index in [9.17, 15) is 4.79 Å². The fourth-order valence-corrected chi connectivity index (χ4v) is 2.85. The molecule has 0 atom stereocenters. The van der Waals surface area contributed by atoms with Gasteiger partial charge in [0, 0.05) is 22.0 Å². The molecule has 3 N–H and O–H groups in total. The minimum Gasteiger partial charge on any atom is -0.338 e. The van der Waals surface area contributed by atoms with Crippen molar-refractivity contribution in [2.45, 2.75) is 0 Å². The molecule has 1 heterocycles. The smallest absolute Gasteiger partial charge is 0.323 e. The Morgan fingerprint density at radius 3 is 2.42 bits per heavy atom. The van der Waals surface area contributed by atoms with Gasteiger partial charge in [0.05, 0.1) is 11.0 Å². The molecular weight excluding hydrogens is 348 g/mol. The molecule has 4 rings (SSSR count). The van der Waals surface area contributed by atoms with E-state index in [2.05, 4.69) is 20.6 Å². The van der Waals surface area contributed by atoms with Crippen LogP contribution in [0.3, 0.4) is 0 Å². The molecule has 1 aromatic heterocycles. The molecule has 26 heavy (non-hydrogen) atoms. The van der Waals surface area contributed by atoms with Crippen LogP contribution in [0.2, 0.25) is 5.02 Å². The standard InChI is InChI=1S/C20H15ClN4O/c21-14-4-3-5-16(12-14)23-20(26)22-15-10-8-13(9-11-15)19-24-17-6-1-2-7-18(17)25-19/h1-12H,(H,24,25)(H2,22,23,26). The monoisotopic (exact) mass is 362 g/mol. The SMILES string of the molecule is O=C(Nc1ccc(-c2nc3ccccc3[nH]2)cc1)Nc1cccc(Cl)c1. The number of benzene rings is 3. The maximum Gasteiger partial charge on any atom is 0.323 e. The van der Waals surface area contributed by atoms with Crippen LogP contribution in [0, 0.1) is 0 Å². The van der Waals surface area contributed by atoms with E-state index in [0.29, 0.717) is 16.4 Å². The largest absolute Gasteiger partial charge is 0.338 e. The van der Waals surface area contributed by atoms with Gasteiger partial charge < -0.3 is 15.6 Å². The summed E-state index contributed by atoms with van der Waals surface area (Å²) in [5, 5.41) is 6.10. The van der Waals surface area contributed by atoms with E-state index >= 15 is 0 Å². The summed E-state index contributed by atoms with van der Waals surface area (Å²) in [7, 11) is 0. The Kier molecular flexibility index (Phi) is 4.29. The summed E-state index contributed by atoms with van der Waals surface area (Å²) < 4.78 is 0. The molecule has 128 valence electrons. The number of aromatic amines is 1. The molecule has 5 nitrogen and oxygen atoms in total. The Bertz CT molecular complexity index is 1040. The van der Waals surface area contributed by atoms with Gasteiger partial charge in [0.2, 0.25) is 0 Å². The van der Waals surface area contributed by atoms with Crippen LogP contribution in [0.4, 0.5) is 16.2 Å². The lowest BCUT2D eigenvalue weighted by Gasteiger charge is -2.08. The molecule has 0 aliphatic rings. The zero-order valence-corrected chi connectivity index (χ0v) is 14.4. The number of carbonyl (C=O) groups is 1. The molecule has 3 aromatic carbocycles. The Hall–Kier alpha value is -3.31. The van der Waals surface area contributed by atoms with Crippen molar-refractivity contribution in [3.05, 3.63) is 77.8 Å². The van der Waals surface area contributed by atoms with E-state index in [0.717, 1.165) is 22.4 Å². The zero-order valence-electron chi connectivity index (χ0n) is 13.7. The Morgan fingerprint density at radius 2 is 1.65 bits per heavy atom. The lowest BCUT2D eigenvalue weighted by Crippen LogP contribution is -2.19. The average Bonchev–Trinajstić information content (AvgIpc) is 3.06. The van der Waals surface area contributed by atoms with Crippen molar-refractivity contribution in [1.29, 1.82) is 0 Å². The molecule has 0 fully saturated rings. The van der Waals surface area contributed by atoms with Crippen LogP contribution < -0.4 is 10.6 Å². The van der Waals surface area contributed by atoms with Crippen LogP contribution in [-0.4, -0.2) is 16.0 Å². The number of H-pyrrole nitrogens is 1. The van der Waals surface area contributed by atoms with E-state index in [1.165, 1.54) is 0 Å². The van der Waals surface area contributed by atoms with Gasteiger partial charge in [0.25, 0.3) is 0 Å². The topological polar surface area (TPSA) is 69.8 Å². The van der Waals surface area contributed by atoms with Gasteiger partial charge in [-0.3, -0.25) is 0 Å². The van der Waals surface area contributed by atoms with Crippen LogP contribution >= 0.6 is 11.6 Å². The van der Waals surface area contributed by atoms with Crippen LogP contribution in [0.25, 0.3) is 22.4 Å². The summed E-state index contributed by atoms with van der Waals surface area (Å²) in [6.07, 6.45) is 0. The van der Waals surface area contributed by atoms with Crippen LogP contribution in [0.15, 0.2) is 72.8 Å². The first kappa shape index (κ1) is 16.2. The van der Waals surface area contributed by atoms with E-state index < -0.39 is 0 Å². The Labute approximate surface area is 155 Å². The molecule has 0 bridgehead atoms. The molecule has 0 aliphatic carbocycles. The minimum absolute atomic E-state index is 0.330. The third kappa shape index (κ3) is 3.53. The summed E-state index contributed by atoms with van der Waals surface area (Å²) in [4.78, 5) is 19.9. The predicted octanol–water partition coefficient (Wildman–Crippen LogP) is 5.53. The number of nitrogens with one attached hydrogen (secondary N) is 3. The third-order valence-electron chi connectivity index (χ3n) is 3.89. The first-order chi connectivity index (χ1) is 12.7. The number of hydrogen-bond acceptors (Lipinski definition) is 2. The number of aromatic nitrogens is 2. The normalized spacial score (nSPS) is 10.7. The molecule has 0 saturated heterocycles. The quantitative estimate of drug-likeness (QED) is 0.448. The van der Waals surface area contributed by atoms with Crippen LogP contribution in [0.5, 0.6) is 0 Å². The van der Waals surface area contributed by atoms with Gasteiger partial charge in [0.1, 0.15) is 5.82 Å². The number of imidazole rings is 1. The Morgan fingerprint density at radius 1 is 0.885 bits per heavy atom. The van der Waals surface area contributed by atoms with E-state index in [-0.39, 0.29) is 6.03 Å². The van der Waals surface area contributed by atoms with Crippen molar-refractivity contribution < 1.29 is 4.79 Å². The number of carbonyl (C=O) groups excluding carboxylic acids is 1. The van der Waals surface area contributed by atoms with Crippen LogP contribution in [0.1, 0.15) is 0 Å². The molecular formula is C20H15ClN4O. The fraction of sp³-hybridized carbons (Fsp3) is 0. The summed E-state index contributed by atoms with van der Waals surface area (Å²) in [5.41, 5.74) is 4.18. The third-order valence-corrected chi connectivity index (χ3v) is 4.12. The molecule has 0 unspecified atom stereocenters. The fourth-order valence-electron chi connectivity index (χ4n) is 2.66. The maximum atomic E-state index is 12.1. The molecule has 0 spiro atoms. The second-order valence-corrected chi connectivity index (χ2v) is 6.21. The van der Waals surface area contributed by atoms with E-state index in [4.69, 9.17) is 11.6 Å². The molecule has 2 amide bonds. The lowest BCUT2D eigenvalue weighted by atomic mass is 10.2. The highest BCUT2D eigenvalue weighted by Gasteiger charge is 2.06. The highest BCUT2D eigenvalue weighted by atomic mass is 35.5. The second kappa shape index (κ2) is 6.90. The van der Waals surface area contributed by atoms with Crippen molar-refractivity contribution in [3.63, 3.8) is 0 Å². The molecule has 0 aliphatic heterocycles.